The molecule has 110 valence electrons. The van der Waals surface area contributed by atoms with Gasteiger partial charge in [-0.15, -0.1) is 0 Å². The van der Waals surface area contributed by atoms with E-state index in [1.807, 2.05) is 6.92 Å². The van der Waals surface area contributed by atoms with Gasteiger partial charge in [0.1, 0.15) is 11.4 Å². The lowest BCUT2D eigenvalue weighted by atomic mass is 10.1. The summed E-state index contributed by atoms with van der Waals surface area (Å²) in [6.07, 6.45) is 1.56. The number of hydrogen-bond donors (Lipinski definition) is 2. The number of aromatic carboxylic acids is 1. The summed E-state index contributed by atoms with van der Waals surface area (Å²) in [7, 11) is 0. The maximum absolute atomic E-state index is 11.2. The van der Waals surface area contributed by atoms with Gasteiger partial charge < -0.3 is 14.9 Å². The number of phenolic OH excluding ortho intramolecular Hbond substituents is 1. The first-order valence-corrected chi connectivity index (χ1v) is 6.81. The van der Waals surface area contributed by atoms with E-state index in [2.05, 4.69) is 5.10 Å². The Morgan fingerprint density at radius 3 is 2.90 bits per heavy atom. The zero-order valence-electron chi connectivity index (χ0n) is 11.6. The Morgan fingerprint density at radius 1 is 1.43 bits per heavy atom. The number of nitrogens with zero attached hydrogens (tertiary/aromatic N) is 2. The lowest BCUT2D eigenvalue weighted by Crippen LogP contribution is -2.08. The predicted octanol–water partition coefficient (Wildman–Crippen LogP) is 2.44. The fourth-order valence-corrected chi connectivity index (χ4v) is 2.54. The number of carbonyl (C=O) groups is 1. The molecule has 1 atom stereocenters. The second-order valence-corrected chi connectivity index (χ2v) is 5.17. The Kier molecular flexibility index (Phi) is 3.39. The van der Waals surface area contributed by atoms with Gasteiger partial charge in [0.2, 0.25) is 0 Å². The number of phenols is 1. The van der Waals surface area contributed by atoms with Crippen molar-refractivity contribution >= 4 is 5.97 Å². The largest absolute Gasteiger partial charge is 0.506 e. The Morgan fingerprint density at radius 2 is 2.24 bits per heavy atom. The third kappa shape index (κ3) is 2.50. The van der Waals surface area contributed by atoms with Crippen molar-refractivity contribution in [3.8, 4) is 11.4 Å². The molecule has 0 spiro atoms. The van der Waals surface area contributed by atoms with Crippen molar-refractivity contribution in [3.63, 3.8) is 0 Å². The summed E-state index contributed by atoms with van der Waals surface area (Å²) in [5, 5.41) is 23.3. The average Bonchev–Trinajstić information content (AvgIpc) is 3.09. The zero-order valence-corrected chi connectivity index (χ0v) is 11.6. The van der Waals surface area contributed by atoms with Crippen LogP contribution in [0.5, 0.6) is 5.75 Å². The van der Waals surface area contributed by atoms with Crippen molar-refractivity contribution in [2.75, 3.05) is 6.61 Å². The quantitative estimate of drug-likeness (QED) is 0.906. The average molecular weight is 288 g/mol. The van der Waals surface area contributed by atoms with Crippen LogP contribution >= 0.6 is 0 Å². The van der Waals surface area contributed by atoms with E-state index in [0.717, 1.165) is 18.4 Å². The van der Waals surface area contributed by atoms with Crippen LogP contribution in [0.3, 0.4) is 0 Å². The normalized spacial score (nSPS) is 18.0. The number of aromatic nitrogens is 2. The summed E-state index contributed by atoms with van der Waals surface area (Å²) in [6.45, 7) is 2.55. The van der Waals surface area contributed by atoms with E-state index in [-0.39, 0.29) is 17.5 Å². The van der Waals surface area contributed by atoms with Crippen LogP contribution in [0.15, 0.2) is 24.3 Å². The van der Waals surface area contributed by atoms with Gasteiger partial charge in [0.05, 0.1) is 11.8 Å². The van der Waals surface area contributed by atoms with Crippen LogP contribution in [0.2, 0.25) is 0 Å². The van der Waals surface area contributed by atoms with Gasteiger partial charge in [-0.25, -0.2) is 9.48 Å². The maximum Gasteiger partial charge on any atom is 0.356 e. The molecular formula is C15H16N2O4. The summed E-state index contributed by atoms with van der Waals surface area (Å²) in [5.74, 6) is -1.04. The molecule has 0 aliphatic carbocycles. The molecule has 21 heavy (non-hydrogen) atoms. The van der Waals surface area contributed by atoms with Crippen molar-refractivity contribution in [2.24, 2.45) is 0 Å². The molecule has 2 aromatic rings. The molecular weight excluding hydrogens is 272 g/mol. The second kappa shape index (κ2) is 5.21. The summed E-state index contributed by atoms with van der Waals surface area (Å²) in [4.78, 5) is 11.2. The summed E-state index contributed by atoms with van der Waals surface area (Å²) >= 11 is 0. The molecule has 1 aromatic heterocycles. The standard InChI is InChI=1S/C15H16N2O4/c1-9-4-5-13(18)11(7-9)17-12(14-3-2-6-21-14)8-10(16-17)15(19)20/h4-5,7-8,14,18H,2-3,6H2,1H3,(H,19,20). The fraction of sp³-hybridized carbons (Fsp3) is 0.333. The van der Waals surface area contributed by atoms with Crippen molar-refractivity contribution < 1.29 is 19.7 Å². The lowest BCUT2D eigenvalue weighted by Gasteiger charge is -2.14. The van der Waals surface area contributed by atoms with Crippen molar-refractivity contribution in [3.05, 3.63) is 41.2 Å². The van der Waals surface area contributed by atoms with Crippen molar-refractivity contribution in [2.45, 2.75) is 25.9 Å². The Balaban J connectivity index is 2.15. The molecule has 1 fully saturated rings. The number of carboxylic acid groups (broad SMARTS) is 1. The van der Waals surface area contributed by atoms with Crippen LogP contribution < -0.4 is 0 Å². The van der Waals surface area contributed by atoms with E-state index in [1.165, 1.54) is 10.7 Å². The molecule has 2 heterocycles. The summed E-state index contributed by atoms with van der Waals surface area (Å²) < 4.78 is 7.10. The first-order valence-electron chi connectivity index (χ1n) is 6.81. The molecule has 6 nitrogen and oxygen atoms in total. The number of carboxylic acids is 1. The molecule has 1 aliphatic heterocycles. The highest BCUT2D eigenvalue weighted by atomic mass is 16.5. The Labute approximate surface area is 121 Å². The van der Waals surface area contributed by atoms with Gasteiger partial charge in [-0.1, -0.05) is 6.07 Å². The topological polar surface area (TPSA) is 84.6 Å². The molecule has 1 saturated heterocycles. The van der Waals surface area contributed by atoms with Crippen LogP contribution in [0.25, 0.3) is 5.69 Å². The minimum Gasteiger partial charge on any atom is -0.506 e. The van der Waals surface area contributed by atoms with E-state index in [4.69, 9.17) is 9.84 Å². The van der Waals surface area contributed by atoms with Gasteiger partial charge in [-0.2, -0.15) is 5.10 Å². The van der Waals surface area contributed by atoms with Gasteiger partial charge in [0.15, 0.2) is 5.69 Å². The zero-order chi connectivity index (χ0) is 15.0. The molecule has 0 amide bonds. The van der Waals surface area contributed by atoms with Crippen LogP contribution in [0.4, 0.5) is 0 Å². The van der Waals surface area contributed by atoms with Crippen LogP contribution in [0, 0.1) is 6.92 Å². The number of benzene rings is 1. The molecule has 0 radical (unpaired) electrons. The molecule has 1 aliphatic rings. The number of hydrogen-bond acceptors (Lipinski definition) is 4. The van der Waals surface area contributed by atoms with Gasteiger partial charge in [0, 0.05) is 6.61 Å². The molecule has 0 bridgehead atoms. The monoisotopic (exact) mass is 288 g/mol. The van der Waals surface area contributed by atoms with Gasteiger partial charge in [-0.3, -0.25) is 0 Å². The lowest BCUT2D eigenvalue weighted by molar-refractivity contribution is 0.0690. The van der Waals surface area contributed by atoms with E-state index in [0.29, 0.717) is 18.0 Å². The molecule has 3 rings (SSSR count). The predicted molar refractivity (Wildman–Crippen MR) is 74.9 cm³/mol. The van der Waals surface area contributed by atoms with Gasteiger partial charge in [0.25, 0.3) is 0 Å². The van der Waals surface area contributed by atoms with Crippen LogP contribution in [0.1, 0.15) is 40.7 Å². The fourth-order valence-electron chi connectivity index (χ4n) is 2.54. The number of ether oxygens (including phenoxy) is 1. The van der Waals surface area contributed by atoms with Crippen molar-refractivity contribution in [1.29, 1.82) is 0 Å². The van der Waals surface area contributed by atoms with E-state index < -0.39 is 5.97 Å². The number of aromatic hydroxyl groups is 1. The highest BCUT2D eigenvalue weighted by Gasteiger charge is 2.26. The van der Waals surface area contributed by atoms with Gasteiger partial charge in [-0.05, 0) is 43.5 Å². The third-order valence-electron chi connectivity index (χ3n) is 3.57. The minimum absolute atomic E-state index is 0.0543. The summed E-state index contributed by atoms with van der Waals surface area (Å²) in [6, 6.07) is 6.64. The van der Waals surface area contributed by atoms with Crippen LogP contribution in [-0.4, -0.2) is 32.6 Å². The van der Waals surface area contributed by atoms with Gasteiger partial charge >= 0.3 is 5.97 Å². The summed E-state index contributed by atoms with van der Waals surface area (Å²) in [5.41, 5.74) is 2.02. The highest BCUT2D eigenvalue weighted by Crippen LogP contribution is 2.33. The number of aryl methyl sites for hydroxylation is 1. The molecule has 6 heteroatoms. The van der Waals surface area contributed by atoms with Crippen LogP contribution in [-0.2, 0) is 4.74 Å². The van der Waals surface area contributed by atoms with E-state index >= 15 is 0 Å². The first kappa shape index (κ1) is 13.6. The van der Waals surface area contributed by atoms with Crippen molar-refractivity contribution in [1.82, 2.24) is 9.78 Å². The number of rotatable bonds is 3. The second-order valence-electron chi connectivity index (χ2n) is 5.17. The molecule has 2 N–H and O–H groups in total. The molecule has 0 saturated carbocycles. The van der Waals surface area contributed by atoms with E-state index in [9.17, 15) is 9.90 Å². The Bertz CT molecular complexity index is 687. The molecule has 1 aromatic carbocycles. The highest BCUT2D eigenvalue weighted by molar-refractivity contribution is 5.85. The Hall–Kier alpha value is -2.34. The van der Waals surface area contributed by atoms with E-state index in [1.54, 1.807) is 18.2 Å². The molecule has 1 unspecified atom stereocenters. The first-order chi connectivity index (χ1) is 10.1. The minimum atomic E-state index is -1.10. The third-order valence-corrected chi connectivity index (χ3v) is 3.57. The smallest absolute Gasteiger partial charge is 0.356 e. The maximum atomic E-state index is 11.2. The SMILES string of the molecule is Cc1ccc(O)c(-n2nc(C(=O)O)cc2C2CCCO2)c1.